The lowest BCUT2D eigenvalue weighted by molar-refractivity contribution is -0.122. The Bertz CT molecular complexity index is 830. The molecule has 0 unspecified atom stereocenters. The third-order valence-corrected chi connectivity index (χ3v) is 5.69. The predicted octanol–water partition coefficient (Wildman–Crippen LogP) is 1.96. The van der Waals surface area contributed by atoms with Gasteiger partial charge in [0.05, 0.1) is 0 Å². The molecule has 1 aromatic carbocycles. The number of carbonyl (C=O) groups is 1. The quantitative estimate of drug-likeness (QED) is 0.823. The molecule has 124 valence electrons. The second-order valence-corrected chi connectivity index (χ2v) is 8.26. The molecular weight excluding hydrogens is 338 g/mol. The molecule has 1 aromatic heterocycles. The van der Waals surface area contributed by atoms with Gasteiger partial charge in [0.15, 0.2) is 6.10 Å². The van der Waals surface area contributed by atoms with E-state index < -0.39 is 21.8 Å². The highest BCUT2D eigenvalue weighted by atomic mass is 32.2. The third-order valence-electron chi connectivity index (χ3n) is 3.18. The van der Waals surface area contributed by atoms with Crippen LogP contribution in [0.4, 0.5) is 5.13 Å². The fraction of sp³-hybridized carbons (Fsp3) is 0.357. The number of rotatable bonds is 5. The molecule has 0 bridgehead atoms. The van der Waals surface area contributed by atoms with Gasteiger partial charge in [-0.3, -0.25) is 10.1 Å². The molecule has 0 spiro atoms. The zero-order chi connectivity index (χ0) is 17.2. The summed E-state index contributed by atoms with van der Waals surface area (Å²) in [4.78, 5) is 12.1. The second-order valence-electron chi connectivity index (χ2n) is 5.09. The molecule has 2 aromatic rings. The lowest BCUT2D eigenvalue weighted by Gasteiger charge is -2.16. The van der Waals surface area contributed by atoms with Crippen molar-refractivity contribution >= 4 is 32.2 Å². The van der Waals surface area contributed by atoms with E-state index in [9.17, 15) is 13.2 Å². The van der Waals surface area contributed by atoms with Gasteiger partial charge < -0.3 is 4.74 Å². The minimum atomic E-state index is -3.43. The SMILES string of the molecule is Cc1cccc(O[C@@H](C)C(=O)Nc2nnc(S(C)(=O)=O)s2)c1C. The van der Waals surface area contributed by atoms with E-state index in [1.807, 2.05) is 26.0 Å². The molecule has 0 fully saturated rings. The van der Waals surface area contributed by atoms with Gasteiger partial charge in [-0.25, -0.2) is 8.42 Å². The topological polar surface area (TPSA) is 98.2 Å². The van der Waals surface area contributed by atoms with Crippen molar-refractivity contribution in [2.24, 2.45) is 0 Å². The number of aromatic nitrogens is 2. The highest BCUT2D eigenvalue weighted by Gasteiger charge is 2.20. The average Bonchev–Trinajstić information content (AvgIpc) is 2.92. The number of nitrogens with zero attached hydrogens (tertiary/aromatic N) is 2. The number of anilines is 1. The van der Waals surface area contributed by atoms with Gasteiger partial charge in [0.1, 0.15) is 5.75 Å². The van der Waals surface area contributed by atoms with Crippen molar-refractivity contribution in [2.75, 3.05) is 11.6 Å². The van der Waals surface area contributed by atoms with Crippen LogP contribution in [-0.2, 0) is 14.6 Å². The summed E-state index contributed by atoms with van der Waals surface area (Å²) < 4.78 is 28.2. The Hall–Kier alpha value is -2.00. The minimum absolute atomic E-state index is 0.117. The van der Waals surface area contributed by atoms with Crippen LogP contribution in [0.25, 0.3) is 0 Å². The summed E-state index contributed by atoms with van der Waals surface area (Å²) in [5.41, 5.74) is 2.03. The van der Waals surface area contributed by atoms with Crippen molar-refractivity contribution in [3.63, 3.8) is 0 Å². The van der Waals surface area contributed by atoms with Gasteiger partial charge in [-0.05, 0) is 38.0 Å². The van der Waals surface area contributed by atoms with E-state index in [4.69, 9.17) is 4.74 Å². The number of hydrogen-bond donors (Lipinski definition) is 1. The zero-order valence-electron chi connectivity index (χ0n) is 13.2. The first kappa shape index (κ1) is 17.4. The summed E-state index contributed by atoms with van der Waals surface area (Å²) in [5.74, 6) is 0.198. The Morgan fingerprint density at radius 3 is 2.61 bits per heavy atom. The maximum atomic E-state index is 12.1. The molecule has 1 heterocycles. The van der Waals surface area contributed by atoms with Gasteiger partial charge in [0.2, 0.25) is 19.3 Å². The number of ether oxygens (including phenoxy) is 1. The van der Waals surface area contributed by atoms with Gasteiger partial charge in [-0.2, -0.15) is 0 Å². The maximum absolute atomic E-state index is 12.1. The molecule has 1 amide bonds. The molecular formula is C14H17N3O4S2. The Morgan fingerprint density at radius 2 is 2.00 bits per heavy atom. The molecule has 2 rings (SSSR count). The lowest BCUT2D eigenvalue weighted by Crippen LogP contribution is -2.30. The van der Waals surface area contributed by atoms with Crippen molar-refractivity contribution in [1.29, 1.82) is 0 Å². The van der Waals surface area contributed by atoms with E-state index in [0.717, 1.165) is 28.7 Å². The van der Waals surface area contributed by atoms with E-state index in [-0.39, 0.29) is 9.47 Å². The molecule has 0 aliphatic rings. The maximum Gasteiger partial charge on any atom is 0.266 e. The van der Waals surface area contributed by atoms with Crippen molar-refractivity contribution < 1.29 is 17.9 Å². The Balaban J connectivity index is 2.06. The molecule has 1 N–H and O–H groups in total. The first-order valence-electron chi connectivity index (χ1n) is 6.76. The number of nitrogens with one attached hydrogen (secondary N) is 1. The van der Waals surface area contributed by atoms with E-state index in [1.54, 1.807) is 13.0 Å². The molecule has 0 aliphatic heterocycles. The van der Waals surface area contributed by atoms with Crippen LogP contribution < -0.4 is 10.1 Å². The van der Waals surface area contributed by atoms with E-state index in [0.29, 0.717) is 5.75 Å². The number of sulfone groups is 1. The summed E-state index contributed by atoms with van der Waals surface area (Å²) in [6, 6.07) is 5.60. The molecule has 1 atom stereocenters. The number of carbonyl (C=O) groups excluding carboxylic acids is 1. The number of hydrogen-bond acceptors (Lipinski definition) is 7. The Labute approximate surface area is 138 Å². The normalized spacial score (nSPS) is 12.7. The van der Waals surface area contributed by atoms with Crippen molar-refractivity contribution in [1.82, 2.24) is 10.2 Å². The van der Waals surface area contributed by atoms with Crippen LogP contribution in [-0.4, -0.2) is 36.9 Å². The van der Waals surface area contributed by atoms with Gasteiger partial charge in [-0.15, -0.1) is 10.2 Å². The number of aryl methyl sites for hydroxylation is 1. The smallest absolute Gasteiger partial charge is 0.266 e. The minimum Gasteiger partial charge on any atom is -0.481 e. The second kappa shape index (κ2) is 6.63. The fourth-order valence-corrected chi connectivity index (χ4v) is 3.22. The molecule has 0 saturated heterocycles. The highest BCUT2D eigenvalue weighted by molar-refractivity contribution is 7.92. The van der Waals surface area contributed by atoms with Gasteiger partial charge >= 0.3 is 0 Å². The monoisotopic (exact) mass is 355 g/mol. The first-order valence-corrected chi connectivity index (χ1v) is 9.46. The average molecular weight is 355 g/mol. The zero-order valence-corrected chi connectivity index (χ0v) is 14.8. The number of amides is 1. The molecule has 7 nitrogen and oxygen atoms in total. The van der Waals surface area contributed by atoms with Gasteiger partial charge in [0.25, 0.3) is 5.91 Å². The summed E-state index contributed by atoms with van der Waals surface area (Å²) >= 11 is 0.800. The predicted molar refractivity (Wildman–Crippen MR) is 87.7 cm³/mol. The van der Waals surface area contributed by atoms with Crippen LogP contribution in [0.15, 0.2) is 22.5 Å². The van der Waals surface area contributed by atoms with Crippen LogP contribution in [0.2, 0.25) is 0 Å². The molecule has 0 radical (unpaired) electrons. The standard InChI is InChI=1S/C14H17N3O4S2/c1-8-6-5-7-11(9(8)2)21-10(3)12(18)15-13-16-17-14(22-13)23(4,19)20/h5-7,10H,1-4H3,(H,15,16,18)/t10-/m0/s1. The third kappa shape index (κ3) is 4.26. The summed E-state index contributed by atoms with van der Waals surface area (Å²) in [5, 5.41) is 9.80. The first-order chi connectivity index (χ1) is 10.7. The molecule has 0 aliphatic carbocycles. The molecule has 9 heteroatoms. The van der Waals surface area contributed by atoms with Crippen LogP contribution in [0.3, 0.4) is 0 Å². The van der Waals surface area contributed by atoms with E-state index in [2.05, 4.69) is 15.5 Å². The summed E-state index contributed by atoms with van der Waals surface area (Å²) in [6.45, 7) is 5.48. The van der Waals surface area contributed by atoms with E-state index in [1.165, 1.54) is 0 Å². The highest BCUT2D eigenvalue weighted by Crippen LogP contribution is 2.23. The van der Waals surface area contributed by atoms with Crippen molar-refractivity contribution in [2.45, 2.75) is 31.2 Å². The Morgan fingerprint density at radius 1 is 1.30 bits per heavy atom. The lowest BCUT2D eigenvalue weighted by atomic mass is 10.1. The largest absolute Gasteiger partial charge is 0.481 e. The van der Waals surface area contributed by atoms with Crippen molar-refractivity contribution in [3.8, 4) is 5.75 Å². The van der Waals surface area contributed by atoms with Crippen LogP contribution in [0, 0.1) is 13.8 Å². The summed E-state index contributed by atoms with van der Waals surface area (Å²) in [7, 11) is -3.43. The molecule has 0 saturated carbocycles. The fourth-order valence-electron chi connectivity index (χ4n) is 1.71. The van der Waals surface area contributed by atoms with Gasteiger partial charge in [0, 0.05) is 6.26 Å². The number of benzene rings is 1. The molecule has 23 heavy (non-hydrogen) atoms. The van der Waals surface area contributed by atoms with E-state index >= 15 is 0 Å². The van der Waals surface area contributed by atoms with Crippen LogP contribution in [0.5, 0.6) is 5.75 Å². The van der Waals surface area contributed by atoms with Crippen LogP contribution >= 0.6 is 11.3 Å². The Kier molecular flexibility index (Phi) is 5.00. The summed E-state index contributed by atoms with van der Waals surface area (Å²) in [6.07, 6.45) is 0.270. The van der Waals surface area contributed by atoms with Crippen LogP contribution in [0.1, 0.15) is 18.1 Å². The van der Waals surface area contributed by atoms with Crippen molar-refractivity contribution in [3.05, 3.63) is 29.3 Å². The van der Waals surface area contributed by atoms with Gasteiger partial charge in [-0.1, -0.05) is 23.5 Å².